The minimum atomic E-state index is -0.349. The van der Waals surface area contributed by atoms with Crippen LogP contribution in [0.25, 0.3) is 26.7 Å². The molecular weight excluding hydrogens is 397 g/mol. The van der Waals surface area contributed by atoms with Gasteiger partial charge in [0, 0.05) is 48.0 Å². The van der Waals surface area contributed by atoms with Crippen molar-refractivity contribution >= 4 is 68.8 Å². The number of anilines is 2. The first-order valence-electron chi connectivity index (χ1n) is 9.15. The number of hydrogen-bond donors (Lipinski definition) is 2. The fourth-order valence-corrected chi connectivity index (χ4v) is 5.05. The average Bonchev–Trinajstić information content (AvgIpc) is 3.19. The van der Waals surface area contributed by atoms with Crippen molar-refractivity contribution in [3.8, 4) is 0 Å². The highest BCUT2D eigenvalue weighted by atomic mass is 32.1. The van der Waals surface area contributed by atoms with Crippen LogP contribution in [0.2, 0.25) is 0 Å². The van der Waals surface area contributed by atoms with Crippen LogP contribution in [0.3, 0.4) is 0 Å². The van der Waals surface area contributed by atoms with Gasteiger partial charge in [-0.2, -0.15) is 0 Å². The minimum Gasteiger partial charge on any atom is -0.404 e. The molecule has 0 saturated carbocycles. The quantitative estimate of drug-likeness (QED) is 0.354. The zero-order valence-electron chi connectivity index (χ0n) is 16.5. The number of rotatable bonds is 5. The van der Waals surface area contributed by atoms with Crippen LogP contribution < -0.4 is 16.4 Å². The molecule has 7 heteroatoms. The molecule has 0 saturated heterocycles. The monoisotopic (exact) mass is 419 g/mol. The number of nitrogens with one attached hydrogen (secondary N) is 1. The van der Waals surface area contributed by atoms with E-state index in [4.69, 9.17) is 5.73 Å². The Morgan fingerprint density at radius 3 is 2.76 bits per heavy atom. The Morgan fingerprint density at radius 2 is 2.00 bits per heavy atom. The molecule has 0 fully saturated rings. The second kappa shape index (κ2) is 8.27. The van der Waals surface area contributed by atoms with E-state index in [1.54, 1.807) is 30.8 Å². The Hall–Kier alpha value is -2.82. The summed E-state index contributed by atoms with van der Waals surface area (Å²) in [5.41, 5.74) is 13.7. The Kier molecular flexibility index (Phi) is 5.56. The molecule has 2 aromatic carbocycles. The summed E-state index contributed by atoms with van der Waals surface area (Å²) >= 11 is 1.65. The number of nitrogens with zero attached hydrogens (tertiary/aromatic N) is 3. The van der Waals surface area contributed by atoms with Gasteiger partial charge in [0.2, 0.25) is 0 Å². The number of allylic oxidation sites excluding steroid dienone is 1. The molecule has 2 heterocycles. The van der Waals surface area contributed by atoms with E-state index >= 15 is 0 Å². The van der Waals surface area contributed by atoms with Crippen molar-refractivity contribution in [1.82, 2.24) is 9.97 Å². The lowest BCUT2D eigenvalue weighted by atomic mass is 10.0. The third kappa shape index (κ3) is 3.86. The topological polar surface area (TPSA) is 76.2 Å². The molecule has 0 amide bonds. The van der Waals surface area contributed by atoms with E-state index in [0.29, 0.717) is 0 Å². The summed E-state index contributed by atoms with van der Waals surface area (Å²) in [5.74, 6) is 0. The lowest BCUT2D eigenvalue weighted by Gasteiger charge is -2.17. The summed E-state index contributed by atoms with van der Waals surface area (Å²) in [4.78, 5) is 13.2. The third-order valence-electron chi connectivity index (χ3n) is 4.71. The standard InChI is InChI=1S/C22H22N5PS/c1-24-12-14(11-23)16-9-19-17(10-21(16)28(2)3)18(6-7-25-19)27-15-4-5-22-20(8-15)26-13-29-22/h4-13H,23H2,1-3H3,(H,25,27)/b14-11+,24-12?. The molecule has 2 aromatic heterocycles. The van der Waals surface area contributed by atoms with Crippen LogP contribution in [0.4, 0.5) is 11.4 Å². The van der Waals surface area contributed by atoms with Crippen LogP contribution in [0.5, 0.6) is 0 Å². The first-order valence-corrected chi connectivity index (χ1v) is 12.3. The third-order valence-corrected chi connectivity index (χ3v) is 6.85. The van der Waals surface area contributed by atoms with Crippen LogP contribution in [-0.4, -0.2) is 36.6 Å². The van der Waals surface area contributed by atoms with Gasteiger partial charge in [0.15, 0.2) is 0 Å². The number of aromatic nitrogens is 2. The van der Waals surface area contributed by atoms with Crippen molar-refractivity contribution in [2.24, 2.45) is 10.7 Å². The summed E-state index contributed by atoms with van der Waals surface area (Å²) in [7, 11) is 1.40. The maximum absolute atomic E-state index is 5.89. The van der Waals surface area contributed by atoms with E-state index in [9.17, 15) is 0 Å². The molecular formula is C22H22N5PS. The van der Waals surface area contributed by atoms with Crippen LogP contribution in [-0.2, 0) is 0 Å². The highest BCUT2D eigenvalue weighted by Crippen LogP contribution is 2.34. The molecule has 0 aliphatic rings. The molecule has 0 radical (unpaired) electrons. The Morgan fingerprint density at radius 1 is 1.14 bits per heavy atom. The van der Waals surface area contributed by atoms with Crippen LogP contribution in [0, 0.1) is 0 Å². The maximum Gasteiger partial charge on any atom is 0.0832 e. The highest BCUT2D eigenvalue weighted by molar-refractivity contribution is 7.64. The molecule has 0 bridgehead atoms. The molecule has 5 nitrogen and oxygen atoms in total. The molecule has 3 N–H and O–H groups in total. The molecule has 0 aliphatic heterocycles. The number of nitrogens with two attached hydrogens (primary N) is 1. The lowest BCUT2D eigenvalue weighted by molar-refractivity contribution is 1.40. The predicted octanol–water partition coefficient (Wildman–Crippen LogP) is 4.96. The zero-order chi connectivity index (χ0) is 20.4. The summed E-state index contributed by atoms with van der Waals surface area (Å²) in [5, 5.41) is 5.91. The van der Waals surface area contributed by atoms with E-state index < -0.39 is 0 Å². The van der Waals surface area contributed by atoms with Gasteiger partial charge in [0.05, 0.1) is 21.2 Å². The van der Waals surface area contributed by atoms with Crippen LogP contribution in [0.1, 0.15) is 5.56 Å². The van der Waals surface area contributed by atoms with Gasteiger partial charge in [-0.15, -0.1) is 11.3 Å². The van der Waals surface area contributed by atoms with Crippen molar-refractivity contribution in [3.05, 3.63) is 59.9 Å². The second-order valence-electron chi connectivity index (χ2n) is 6.81. The van der Waals surface area contributed by atoms with E-state index in [-0.39, 0.29) is 7.92 Å². The fraction of sp³-hybridized carbons (Fsp3) is 0.136. The van der Waals surface area contributed by atoms with Gasteiger partial charge in [-0.05, 0) is 60.6 Å². The van der Waals surface area contributed by atoms with Crippen molar-refractivity contribution in [2.75, 3.05) is 25.7 Å². The predicted molar refractivity (Wildman–Crippen MR) is 130 cm³/mol. The SMILES string of the molecule is CN=C/C(=C\N)c1cc2nccc(Nc3ccc4scnc4c3)c2cc1P(C)C. The average molecular weight is 419 g/mol. The van der Waals surface area contributed by atoms with Gasteiger partial charge in [-0.25, -0.2) is 4.98 Å². The van der Waals surface area contributed by atoms with Gasteiger partial charge in [-0.1, -0.05) is 7.92 Å². The van der Waals surface area contributed by atoms with Gasteiger partial charge >= 0.3 is 0 Å². The number of fused-ring (bicyclic) bond motifs is 2. The number of benzene rings is 2. The van der Waals surface area contributed by atoms with Gasteiger partial charge < -0.3 is 11.1 Å². The summed E-state index contributed by atoms with van der Waals surface area (Å²) in [6.07, 6.45) is 5.24. The Bertz CT molecular complexity index is 1240. The van der Waals surface area contributed by atoms with Crippen LogP contribution in [0.15, 0.2) is 59.3 Å². The smallest absolute Gasteiger partial charge is 0.0832 e. The van der Waals surface area contributed by atoms with Crippen molar-refractivity contribution < 1.29 is 0 Å². The zero-order valence-corrected chi connectivity index (χ0v) is 18.3. The van der Waals surface area contributed by atoms with E-state index in [2.05, 4.69) is 63.9 Å². The highest BCUT2D eigenvalue weighted by Gasteiger charge is 2.14. The molecule has 29 heavy (non-hydrogen) atoms. The normalized spacial score (nSPS) is 12.5. The molecule has 0 unspecified atom stereocenters. The van der Waals surface area contributed by atoms with Crippen molar-refractivity contribution in [2.45, 2.75) is 0 Å². The molecule has 4 rings (SSSR count). The number of pyridine rings is 1. The first kappa shape index (κ1) is 19.5. The summed E-state index contributed by atoms with van der Waals surface area (Å²) < 4.78 is 1.18. The van der Waals surface area contributed by atoms with Gasteiger partial charge in [-0.3, -0.25) is 9.98 Å². The van der Waals surface area contributed by atoms with Gasteiger partial charge in [0.1, 0.15) is 0 Å². The Labute approximate surface area is 175 Å². The number of hydrogen-bond acceptors (Lipinski definition) is 6. The lowest BCUT2D eigenvalue weighted by Crippen LogP contribution is -2.10. The molecule has 0 aliphatic carbocycles. The first-order chi connectivity index (χ1) is 14.1. The maximum atomic E-state index is 5.89. The van der Waals surface area contributed by atoms with E-state index in [1.807, 2.05) is 17.8 Å². The van der Waals surface area contributed by atoms with Crippen LogP contribution >= 0.6 is 19.3 Å². The number of aliphatic imine (C=N–C) groups is 1. The molecule has 146 valence electrons. The molecule has 0 atom stereocenters. The van der Waals surface area contributed by atoms with Crippen molar-refractivity contribution in [1.29, 1.82) is 0 Å². The second-order valence-corrected chi connectivity index (χ2v) is 9.97. The summed E-state index contributed by atoms with van der Waals surface area (Å²) in [6.45, 7) is 4.49. The van der Waals surface area contributed by atoms with E-state index in [0.717, 1.165) is 38.9 Å². The van der Waals surface area contributed by atoms with Gasteiger partial charge in [0.25, 0.3) is 0 Å². The summed E-state index contributed by atoms with van der Waals surface area (Å²) in [6, 6.07) is 12.6. The molecule has 0 spiro atoms. The molecule has 4 aromatic rings. The largest absolute Gasteiger partial charge is 0.404 e. The van der Waals surface area contributed by atoms with Crippen molar-refractivity contribution in [3.63, 3.8) is 0 Å². The fourth-order valence-electron chi connectivity index (χ4n) is 3.32. The Balaban J connectivity index is 1.84. The minimum absolute atomic E-state index is 0.349. The number of thiazole rings is 1. The van der Waals surface area contributed by atoms with E-state index in [1.165, 1.54) is 10.0 Å².